The Labute approximate surface area is 274 Å². The van der Waals surface area contributed by atoms with Crippen molar-refractivity contribution in [3.63, 3.8) is 0 Å². The summed E-state index contributed by atoms with van der Waals surface area (Å²) < 4.78 is 14.4. The van der Waals surface area contributed by atoms with Crippen LogP contribution < -0.4 is 4.74 Å². The monoisotopic (exact) mass is 772 g/mol. The van der Waals surface area contributed by atoms with Gasteiger partial charge in [-0.15, -0.1) is 0 Å². The van der Waals surface area contributed by atoms with Crippen LogP contribution in [0.2, 0.25) is 0 Å². The van der Waals surface area contributed by atoms with Crippen molar-refractivity contribution < 1.29 is 24.1 Å². The topological polar surface area (TPSA) is 49.8 Å². The molecule has 0 spiro atoms. The summed E-state index contributed by atoms with van der Waals surface area (Å²) in [5.74, 6) is 2.42. The summed E-state index contributed by atoms with van der Waals surface area (Å²) >= 11 is 2.38. The average Bonchev–Trinajstić information content (AvgIpc) is 3.46. The van der Waals surface area contributed by atoms with Crippen molar-refractivity contribution in [2.75, 3.05) is 0 Å². The van der Waals surface area contributed by atoms with E-state index in [-0.39, 0.29) is 5.41 Å². The van der Waals surface area contributed by atoms with Gasteiger partial charge >= 0.3 is 184 Å². The van der Waals surface area contributed by atoms with Gasteiger partial charge in [0.1, 0.15) is 0 Å². The molecule has 0 radical (unpaired) electrons. The number of pyridine rings is 2. The first-order valence-electron chi connectivity index (χ1n) is 15.0. The van der Waals surface area contributed by atoms with Crippen LogP contribution in [0, 0.1) is 17.7 Å². The van der Waals surface area contributed by atoms with Gasteiger partial charge < -0.3 is 0 Å². The number of ether oxygens (including phenoxy) is 1. The Hall–Kier alpha value is -4.54. The van der Waals surface area contributed by atoms with Gasteiger partial charge in [-0.25, -0.2) is 0 Å². The molecule has 4 aromatic heterocycles. The Morgan fingerprint density at radius 2 is 1.49 bits per heavy atom. The molecule has 0 amide bonds. The summed E-state index contributed by atoms with van der Waals surface area (Å²) in [6.45, 7) is 11.1. The van der Waals surface area contributed by atoms with E-state index in [0.29, 0.717) is 0 Å². The van der Waals surface area contributed by atoms with E-state index in [2.05, 4.69) is 140 Å². The van der Waals surface area contributed by atoms with E-state index in [9.17, 15) is 0 Å². The molecule has 228 valence electrons. The first-order chi connectivity index (χ1) is 21.6. The zero-order valence-corrected chi connectivity index (χ0v) is 28.5. The third-order valence-corrected chi connectivity index (χ3v) is 9.97. The fourth-order valence-corrected chi connectivity index (χ4v) is 6.99. The van der Waals surface area contributed by atoms with Gasteiger partial charge in [-0.1, -0.05) is 26.8 Å². The van der Waals surface area contributed by atoms with Crippen LogP contribution in [0.3, 0.4) is 0 Å². The number of hydrogen-bond donors (Lipinski definition) is 0. The van der Waals surface area contributed by atoms with E-state index in [1.54, 1.807) is 0 Å². The van der Waals surface area contributed by atoms with Crippen LogP contribution in [0.15, 0.2) is 104 Å². The minimum atomic E-state index is 0.0344. The number of aromatic nitrogens is 5. The molecule has 0 N–H and O–H groups in total. The maximum atomic E-state index is 6.55. The van der Waals surface area contributed by atoms with Gasteiger partial charge in [-0.3, -0.25) is 4.98 Å². The van der Waals surface area contributed by atoms with Crippen molar-refractivity contribution in [3.8, 4) is 34.1 Å². The van der Waals surface area contributed by atoms with Crippen molar-refractivity contribution in [2.45, 2.75) is 40.0 Å². The Bertz CT molecular complexity index is 2270. The molecule has 0 saturated carbocycles. The van der Waals surface area contributed by atoms with E-state index < -0.39 is 0 Å². The summed E-state index contributed by atoms with van der Waals surface area (Å²) in [5, 5.41) is 2.37. The Balaban J connectivity index is 1.35. The van der Waals surface area contributed by atoms with Gasteiger partial charge in [-0.05, 0) is 34.7 Å². The van der Waals surface area contributed by atoms with Crippen LogP contribution in [-0.2, 0) is 31.8 Å². The summed E-state index contributed by atoms with van der Waals surface area (Å²) in [6, 6.07) is 29.7. The number of benzene rings is 3. The molecule has 4 heterocycles. The number of imidazole rings is 1. The normalized spacial score (nSPS) is 11.9. The minimum absolute atomic E-state index is 0.0344. The molecule has 6 nitrogen and oxygen atoms in total. The molecule has 7 aromatic rings. The van der Waals surface area contributed by atoms with Crippen molar-refractivity contribution in [3.05, 3.63) is 124 Å². The Morgan fingerprint density at radius 1 is 0.711 bits per heavy atom. The number of rotatable bonds is 5. The standard InChI is InChI=1S/C38H35N5O.Pt/c1-25-26(2)42(24-41(25)6)30-8-7-9-31(21-30)44-32-12-13-33-34-20-29(38(3,4)5)11-14-35(34)43(36(33)22-32)37-15-10-28(23-40-37)27-16-18-39-19-17-27;/h7-23H,1-6H3;. The number of fused-ring (bicyclic) bond motifs is 3. The number of hydrogen-bond acceptors (Lipinski definition) is 3. The quantitative estimate of drug-likeness (QED) is 0.176. The third-order valence-electron chi connectivity index (χ3n) is 8.69. The Morgan fingerprint density at radius 3 is 2.18 bits per heavy atom. The van der Waals surface area contributed by atoms with Crippen LogP contribution in [-0.4, -0.2) is 23.7 Å². The van der Waals surface area contributed by atoms with Crippen molar-refractivity contribution in [1.29, 1.82) is 0 Å². The van der Waals surface area contributed by atoms with Crippen LogP contribution in [0.4, 0.5) is 0 Å². The second kappa shape index (κ2) is 11.1. The molecule has 0 unspecified atom stereocenters. The first kappa shape index (κ1) is 29.2. The van der Waals surface area contributed by atoms with Gasteiger partial charge in [0.2, 0.25) is 0 Å². The predicted molar refractivity (Wildman–Crippen MR) is 178 cm³/mol. The fourth-order valence-electron chi connectivity index (χ4n) is 5.94. The van der Waals surface area contributed by atoms with Gasteiger partial charge in [0, 0.05) is 24.2 Å². The van der Waals surface area contributed by atoms with Crippen LogP contribution in [0.1, 0.15) is 37.7 Å². The van der Waals surface area contributed by atoms with Crippen molar-refractivity contribution in [2.24, 2.45) is 7.05 Å². The molecular formula is C38H35N5OPt. The molecule has 7 rings (SSSR count). The van der Waals surface area contributed by atoms with E-state index >= 15 is 0 Å². The second-order valence-electron chi connectivity index (χ2n) is 12.5. The first-order valence-corrected chi connectivity index (χ1v) is 16.2. The number of nitrogens with zero attached hydrogens (tertiary/aromatic N) is 5. The van der Waals surface area contributed by atoms with Crippen LogP contribution in [0.5, 0.6) is 11.5 Å². The molecule has 7 heteroatoms. The molecule has 0 aliphatic carbocycles. The third kappa shape index (κ3) is 5.17. The molecular weight excluding hydrogens is 738 g/mol. The molecule has 0 atom stereocenters. The molecule has 0 aliphatic rings. The van der Waals surface area contributed by atoms with E-state index in [0.717, 1.165) is 54.4 Å². The summed E-state index contributed by atoms with van der Waals surface area (Å²) in [6.07, 6.45) is 5.55. The zero-order chi connectivity index (χ0) is 31.5. The molecule has 3 aromatic carbocycles. The predicted octanol–water partition coefficient (Wildman–Crippen LogP) is 9.16. The van der Waals surface area contributed by atoms with Crippen LogP contribution >= 0.6 is 0 Å². The second-order valence-corrected chi connectivity index (χ2v) is 13.6. The zero-order valence-electron chi connectivity index (χ0n) is 26.3. The summed E-state index contributed by atoms with van der Waals surface area (Å²) in [7, 11) is 2.10. The van der Waals surface area contributed by atoms with E-state index in [1.165, 1.54) is 22.3 Å². The Kier molecular flexibility index (Phi) is 7.21. The van der Waals surface area contributed by atoms with Gasteiger partial charge in [-0.2, -0.15) is 0 Å². The van der Waals surface area contributed by atoms with E-state index in [4.69, 9.17) is 9.72 Å². The maximum absolute atomic E-state index is 6.55. The molecule has 0 aliphatic heterocycles. The molecule has 0 fully saturated rings. The summed E-state index contributed by atoms with van der Waals surface area (Å²) in [5.41, 5.74) is 9.16. The van der Waals surface area contributed by atoms with Gasteiger partial charge in [0.05, 0.1) is 0 Å². The summed E-state index contributed by atoms with van der Waals surface area (Å²) in [4.78, 5) is 9.10. The molecule has 45 heavy (non-hydrogen) atoms. The molecule has 0 bridgehead atoms. The average molecular weight is 773 g/mol. The molecule has 0 saturated heterocycles. The van der Waals surface area contributed by atoms with Crippen LogP contribution in [0.25, 0.3) is 44.4 Å². The van der Waals surface area contributed by atoms with Crippen molar-refractivity contribution >= 4 is 21.8 Å². The fraction of sp³-hybridized carbons (Fsp3) is 0.184. The van der Waals surface area contributed by atoms with Crippen molar-refractivity contribution in [1.82, 2.24) is 23.7 Å². The van der Waals surface area contributed by atoms with E-state index in [1.807, 2.05) is 42.9 Å². The van der Waals surface area contributed by atoms with Gasteiger partial charge in [0.25, 0.3) is 0 Å². The van der Waals surface area contributed by atoms with Gasteiger partial charge in [0.15, 0.2) is 0 Å². The SMILES string of the molecule is Cc1c(C)n(-c2cccc(Oc3ccc4c5cc(C(C)(C)C)ccc5n(-c5ccc(-c6ccncc6)cn5)c4c3)c2)[c](=[Pt])n1C.